The van der Waals surface area contributed by atoms with Crippen LogP contribution in [0.5, 0.6) is 0 Å². The molecule has 0 aliphatic heterocycles. The molecule has 0 bridgehead atoms. The predicted molar refractivity (Wildman–Crippen MR) is 61.9 cm³/mol. The van der Waals surface area contributed by atoms with Crippen molar-refractivity contribution in [2.24, 2.45) is 5.84 Å². The summed E-state index contributed by atoms with van der Waals surface area (Å²) in [6.07, 6.45) is 4.65. The van der Waals surface area contributed by atoms with Crippen LogP contribution < -0.4 is 16.6 Å². The number of nitrogens with zero attached hydrogens (tertiary/aromatic N) is 1. The van der Waals surface area contributed by atoms with Gasteiger partial charge in [-0.2, -0.15) is 0 Å². The fourth-order valence-electron chi connectivity index (χ4n) is 1.31. The average Bonchev–Trinajstić information content (AvgIpc) is 2.89. The van der Waals surface area contributed by atoms with E-state index >= 15 is 0 Å². The Hall–Kier alpha value is -2.34. The average molecular weight is 232 g/mol. The number of aromatic nitrogens is 1. The maximum absolute atomic E-state index is 11.7. The minimum Gasteiger partial charge on any atom is -0.472 e. The molecule has 0 aliphatic carbocycles. The van der Waals surface area contributed by atoms with Crippen molar-refractivity contribution < 1.29 is 9.21 Å². The summed E-state index contributed by atoms with van der Waals surface area (Å²) in [6, 6.07) is 5.03. The zero-order chi connectivity index (χ0) is 12.1. The molecule has 2 aromatic heterocycles. The Morgan fingerprint density at radius 3 is 3.06 bits per heavy atom. The van der Waals surface area contributed by atoms with E-state index in [0.717, 1.165) is 5.56 Å². The SMILES string of the molecule is NNc1ccnc(C(=O)NCc2ccoc2)c1. The fraction of sp³-hybridized carbons (Fsp3) is 0.0909. The van der Waals surface area contributed by atoms with E-state index in [1.54, 1.807) is 30.7 Å². The number of rotatable bonds is 4. The van der Waals surface area contributed by atoms with Crippen LogP contribution in [0, 0.1) is 0 Å². The fourth-order valence-corrected chi connectivity index (χ4v) is 1.31. The number of hydrogen-bond acceptors (Lipinski definition) is 5. The van der Waals surface area contributed by atoms with Gasteiger partial charge in [0, 0.05) is 18.3 Å². The van der Waals surface area contributed by atoms with Crippen LogP contribution in [0.3, 0.4) is 0 Å². The van der Waals surface area contributed by atoms with Crippen molar-refractivity contribution in [3.8, 4) is 0 Å². The van der Waals surface area contributed by atoms with Crippen molar-refractivity contribution in [3.05, 3.63) is 48.2 Å². The molecule has 88 valence electrons. The van der Waals surface area contributed by atoms with E-state index in [1.807, 2.05) is 0 Å². The van der Waals surface area contributed by atoms with Crippen LogP contribution in [0.25, 0.3) is 0 Å². The van der Waals surface area contributed by atoms with Crippen molar-refractivity contribution >= 4 is 11.6 Å². The molecule has 6 heteroatoms. The number of carbonyl (C=O) groups excluding carboxylic acids is 1. The maximum atomic E-state index is 11.7. The normalized spacial score (nSPS) is 9.94. The monoisotopic (exact) mass is 232 g/mol. The third-order valence-corrected chi connectivity index (χ3v) is 2.19. The minimum absolute atomic E-state index is 0.261. The van der Waals surface area contributed by atoms with E-state index in [1.165, 1.54) is 6.20 Å². The molecule has 0 atom stereocenters. The van der Waals surface area contributed by atoms with Crippen molar-refractivity contribution in [1.82, 2.24) is 10.3 Å². The Morgan fingerprint density at radius 1 is 1.47 bits per heavy atom. The number of nitrogens with one attached hydrogen (secondary N) is 2. The van der Waals surface area contributed by atoms with E-state index in [2.05, 4.69) is 15.7 Å². The molecule has 2 heterocycles. The Labute approximate surface area is 97.8 Å². The van der Waals surface area contributed by atoms with Gasteiger partial charge in [0.1, 0.15) is 5.69 Å². The summed E-state index contributed by atoms with van der Waals surface area (Å²) >= 11 is 0. The number of nitrogens with two attached hydrogens (primary N) is 1. The van der Waals surface area contributed by atoms with E-state index in [0.29, 0.717) is 17.9 Å². The van der Waals surface area contributed by atoms with Gasteiger partial charge in [0.05, 0.1) is 18.2 Å². The quantitative estimate of drug-likeness (QED) is 0.537. The summed E-state index contributed by atoms with van der Waals surface area (Å²) < 4.78 is 4.90. The smallest absolute Gasteiger partial charge is 0.270 e. The standard InChI is InChI=1S/C11H12N4O2/c12-15-9-1-3-13-10(5-9)11(16)14-6-8-2-4-17-7-8/h1-5,7H,6,12H2,(H,13,15)(H,14,16). The third kappa shape index (κ3) is 2.82. The summed E-state index contributed by atoms with van der Waals surface area (Å²) in [5, 5.41) is 2.72. The molecular weight excluding hydrogens is 220 g/mol. The molecule has 0 saturated heterocycles. The second-order valence-electron chi connectivity index (χ2n) is 3.39. The molecule has 0 spiro atoms. The Bertz CT molecular complexity index is 496. The van der Waals surface area contributed by atoms with Crippen molar-refractivity contribution in [2.45, 2.75) is 6.54 Å². The largest absolute Gasteiger partial charge is 0.472 e. The lowest BCUT2D eigenvalue weighted by atomic mass is 10.3. The van der Waals surface area contributed by atoms with Gasteiger partial charge in [-0.3, -0.25) is 15.6 Å². The van der Waals surface area contributed by atoms with Gasteiger partial charge < -0.3 is 15.2 Å². The van der Waals surface area contributed by atoms with Gasteiger partial charge >= 0.3 is 0 Å². The van der Waals surface area contributed by atoms with Gasteiger partial charge in [-0.1, -0.05) is 0 Å². The predicted octanol–water partition coefficient (Wildman–Crippen LogP) is 0.890. The molecule has 1 amide bonds. The lowest BCUT2D eigenvalue weighted by Crippen LogP contribution is -2.23. The molecule has 0 radical (unpaired) electrons. The number of nitrogen functional groups attached to an aromatic ring is 1. The number of pyridine rings is 1. The Kier molecular flexibility index (Phi) is 3.37. The molecule has 0 fully saturated rings. The molecule has 0 unspecified atom stereocenters. The van der Waals surface area contributed by atoms with E-state index in [9.17, 15) is 4.79 Å². The van der Waals surface area contributed by atoms with Crippen LogP contribution in [-0.2, 0) is 6.54 Å². The molecule has 6 nitrogen and oxygen atoms in total. The van der Waals surface area contributed by atoms with Crippen molar-refractivity contribution in [2.75, 3.05) is 5.43 Å². The van der Waals surface area contributed by atoms with E-state index in [-0.39, 0.29) is 5.91 Å². The Morgan fingerprint density at radius 2 is 2.35 bits per heavy atom. The number of anilines is 1. The molecule has 17 heavy (non-hydrogen) atoms. The number of hydrogen-bond donors (Lipinski definition) is 3. The number of carbonyl (C=O) groups is 1. The summed E-state index contributed by atoms with van der Waals surface area (Å²) in [5.74, 6) is 4.99. The first-order valence-corrected chi connectivity index (χ1v) is 5.01. The van der Waals surface area contributed by atoms with Crippen LogP contribution in [0.15, 0.2) is 41.3 Å². The summed E-state index contributed by atoms with van der Waals surface area (Å²) in [5.41, 5.74) is 4.29. The van der Waals surface area contributed by atoms with Gasteiger partial charge in [-0.25, -0.2) is 0 Å². The molecule has 0 aromatic carbocycles. The van der Waals surface area contributed by atoms with Crippen LogP contribution in [0.4, 0.5) is 5.69 Å². The molecular formula is C11H12N4O2. The van der Waals surface area contributed by atoms with Crippen LogP contribution >= 0.6 is 0 Å². The first-order chi connectivity index (χ1) is 8.29. The first-order valence-electron chi connectivity index (χ1n) is 5.01. The number of amides is 1. The highest BCUT2D eigenvalue weighted by molar-refractivity contribution is 5.92. The van der Waals surface area contributed by atoms with Gasteiger partial charge in [-0.05, 0) is 18.2 Å². The minimum atomic E-state index is -0.261. The number of hydrazine groups is 1. The maximum Gasteiger partial charge on any atom is 0.270 e. The van der Waals surface area contributed by atoms with Gasteiger partial charge in [0.2, 0.25) is 0 Å². The molecule has 0 aliphatic rings. The van der Waals surface area contributed by atoms with Crippen LogP contribution in [0.2, 0.25) is 0 Å². The van der Waals surface area contributed by atoms with Crippen LogP contribution in [-0.4, -0.2) is 10.9 Å². The molecule has 4 N–H and O–H groups in total. The van der Waals surface area contributed by atoms with Crippen LogP contribution in [0.1, 0.15) is 16.1 Å². The zero-order valence-electron chi connectivity index (χ0n) is 9.01. The van der Waals surface area contributed by atoms with Gasteiger partial charge in [0.25, 0.3) is 5.91 Å². The second kappa shape index (κ2) is 5.13. The summed E-state index contributed by atoms with van der Waals surface area (Å²) in [7, 11) is 0. The van der Waals surface area contributed by atoms with Gasteiger partial charge in [0.15, 0.2) is 0 Å². The topological polar surface area (TPSA) is 93.2 Å². The highest BCUT2D eigenvalue weighted by atomic mass is 16.3. The molecule has 2 aromatic rings. The second-order valence-corrected chi connectivity index (χ2v) is 3.39. The van der Waals surface area contributed by atoms with Crippen molar-refractivity contribution in [3.63, 3.8) is 0 Å². The van der Waals surface area contributed by atoms with Gasteiger partial charge in [-0.15, -0.1) is 0 Å². The molecule has 0 saturated carbocycles. The number of furan rings is 1. The molecule has 2 rings (SSSR count). The lowest BCUT2D eigenvalue weighted by molar-refractivity contribution is 0.0946. The third-order valence-electron chi connectivity index (χ3n) is 2.19. The van der Waals surface area contributed by atoms with E-state index < -0.39 is 0 Å². The Balaban J connectivity index is 1.99. The highest BCUT2D eigenvalue weighted by Crippen LogP contribution is 2.06. The summed E-state index contributed by atoms with van der Waals surface area (Å²) in [6.45, 7) is 0.400. The van der Waals surface area contributed by atoms with Crippen molar-refractivity contribution in [1.29, 1.82) is 0 Å². The lowest BCUT2D eigenvalue weighted by Gasteiger charge is -2.04. The highest BCUT2D eigenvalue weighted by Gasteiger charge is 2.07. The van der Waals surface area contributed by atoms with E-state index in [4.69, 9.17) is 10.3 Å². The summed E-state index contributed by atoms with van der Waals surface area (Å²) in [4.78, 5) is 15.7. The first kappa shape index (κ1) is 11.2. The zero-order valence-corrected chi connectivity index (χ0v) is 9.01.